The third-order valence-corrected chi connectivity index (χ3v) is 8.81. The molecular weight excluding hydrogens is 456 g/mol. The molecule has 1 N–H and O–H groups in total. The molecule has 2 amide bonds. The minimum Gasteiger partial charge on any atom is -0.379 e. The van der Waals surface area contributed by atoms with E-state index in [-0.39, 0.29) is 23.1 Å². The number of nitrogens with one attached hydrogen (secondary N) is 1. The molecule has 3 aliphatic rings. The zero-order valence-corrected chi connectivity index (χ0v) is 20.8. The second kappa shape index (κ2) is 11.2. The second-order valence-electron chi connectivity index (χ2n) is 9.19. The Morgan fingerprint density at radius 2 is 1.82 bits per heavy atom. The van der Waals surface area contributed by atoms with E-state index in [0.29, 0.717) is 31.7 Å². The van der Waals surface area contributed by atoms with Gasteiger partial charge in [0.15, 0.2) is 0 Å². The van der Waals surface area contributed by atoms with Gasteiger partial charge in [0.25, 0.3) is 0 Å². The van der Waals surface area contributed by atoms with Crippen molar-refractivity contribution in [2.45, 2.75) is 56.4 Å². The summed E-state index contributed by atoms with van der Waals surface area (Å²) < 4.78 is 33.2. The molecule has 3 aliphatic heterocycles. The van der Waals surface area contributed by atoms with Crippen LogP contribution in [0, 0.1) is 0 Å². The number of morpholine rings is 1. The molecule has 1 atom stereocenters. The van der Waals surface area contributed by atoms with Gasteiger partial charge in [-0.1, -0.05) is 13.3 Å². The van der Waals surface area contributed by atoms with E-state index in [1.807, 2.05) is 0 Å². The largest absolute Gasteiger partial charge is 0.379 e. The van der Waals surface area contributed by atoms with Crippen LogP contribution in [0.5, 0.6) is 0 Å². The van der Waals surface area contributed by atoms with Gasteiger partial charge in [-0.05, 0) is 49.6 Å². The highest BCUT2D eigenvalue weighted by Crippen LogP contribution is 2.35. The molecule has 2 saturated heterocycles. The third kappa shape index (κ3) is 5.45. The Morgan fingerprint density at radius 1 is 1.09 bits per heavy atom. The summed E-state index contributed by atoms with van der Waals surface area (Å²) in [4.78, 5) is 29.9. The van der Waals surface area contributed by atoms with Crippen molar-refractivity contribution in [2.24, 2.45) is 0 Å². The Morgan fingerprint density at radius 3 is 2.53 bits per heavy atom. The van der Waals surface area contributed by atoms with Crippen molar-refractivity contribution < 1.29 is 22.7 Å². The summed E-state index contributed by atoms with van der Waals surface area (Å²) in [6.45, 7) is 7.58. The zero-order valence-electron chi connectivity index (χ0n) is 20.0. The average molecular weight is 493 g/mol. The molecule has 0 bridgehead atoms. The van der Waals surface area contributed by atoms with Crippen LogP contribution in [0.1, 0.15) is 44.6 Å². The number of piperidine rings is 1. The number of nitrogens with zero attached hydrogens (tertiary/aromatic N) is 3. The maximum Gasteiger partial charge on any atom is 0.243 e. The number of rotatable bonds is 8. The van der Waals surface area contributed by atoms with Crippen LogP contribution in [-0.4, -0.2) is 88.0 Å². The quantitative estimate of drug-likeness (QED) is 0.551. The maximum absolute atomic E-state index is 13.1. The Bertz CT molecular complexity index is 987. The van der Waals surface area contributed by atoms with Gasteiger partial charge >= 0.3 is 0 Å². The Kier molecular flexibility index (Phi) is 8.23. The lowest BCUT2D eigenvalue weighted by atomic mass is 10.1. The number of carbonyl (C=O) groups excluding carboxylic acids is 2. The number of fused-ring (bicyclic) bond motifs is 1. The van der Waals surface area contributed by atoms with Gasteiger partial charge in [0.05, 0.1) is 18.1 Å². The molecule has 1 aromatic carbocycles. The molecule has 0 aliphatic carbocycles. The molecular formula is C24H36N4O5S. The molecule has 0 spiro atoms. The Hall–Kier alpha value is -2.01. The van der Waals surface area contributed by atoms with E-state index in [1.165, 1.54) is 0 Å². The highest BCUT2D eigenvalue weighted by molar-refractivity contribution is 7.89. The van der Waals surface area contributed by atoms with E-state index < -0.39 is 16.1 Å². The van der Waals surface area contributed by atoms with Crippen molar-refractivity contribution in [1.82, 2.24) is 14.5 Å². The molecule has 1 aromatic rings. The highest BCUT2D eigenvalue weighted by Gasteiger charge is 2.38. The number of benzene rings is 1. The summed E-state index contributed by atoms with van der Waals surface area (Å²) in [6.07, 6.45) is 4.21. The molecule has 10 heteroatoms. The lowest BCUT2D eigenvalue weighted by Crippen LogP contribution is -2.48. The van der Waals surface area contributed by atoms with Crippen LogP contribution in [0.4, 0.5) is 5.69 Å². The molecule has 9 nitrogen and oxygen atoms in total. The molecule has 188 valence electrons. The summed E-state index contributed by atoms with van der Waals surface area (Å²) in [5.74, 6) is -0.334. The smallest absolute Gasteiger partial charge is 0.243 e. The normalized spacial score (nSPS) is 21.9. The van der Waals surface area contributed by atoms with Gasteiger partial charge in [-0.3, -0.25) is 19.4 Å². The fraction of sp³-hybridized carbons (Fsp3) is 0.667. The van der Waals surface area contributed by atoms with Gasteiger partial charge in [0.2, 0.25) is 21.8 Å². The van der Waals surface area contributed by atoms with E-state index in [1.54, 1.807) is 34.3 Å². The van der Waals surface area contributed by atoms with E-state index >= 15 is 0 Å². The molecule has 0 unspecified atom stereocenters. The minimum atomic E-state index is -3.58. The van der Waals surface area contributed by atoms with Crippen molar-refractivity contribution in [3.63, 3.8) is 0 Å². The van der Waals surface area contributed by atoms with Crippen molar-refractivity contribution in [2.75, 3.05) is 57.4 Å². The highest BCUT2D eigenvalue weighted by atomic mass is 32.2. The summed E-state index contributed by atoms with van der Waals surface area (Å²) in [7, 11) is -3.58. The van der Waals surface area contributed by atoms with Crippen molar-refractivity contribution in [3.8, 4) is 0 Å². The number of hydrogen-bond acceptors (Lipinski definition) is 6. The van der Waals surface area contributed by atoms with Crippen LogP contribution >= 0.6 is 0 Å². The number of anilines is 1. The van der Waals surface area contributed by atoms with Gasteiger partial charge in [-0.25, -0.2) is 8.42 Å². The number of carbonyl (C=O) groups is 2. The summed E-state index contributed by atoms with van der Waals surface area (Å²) in [6, 6.07) is 4.26. The summed E-state index contributed by atoms with van der Waals surface area (Å²) in [5, 5.41) is 2.99. The van der Waals surface area contributed by atoms with Gasteiger partial charge in [0.1, 0.15) is 6.04 Å². The molecule has 0 radical (unpaired) electrons. The van der Waals surface area contributed by atoms with Crippen molar-refractivity contribution in [3.05, 3.63) is 23.8 Å². The van der Waals surface area contributed by atoms with E-state index in [2.05, 4.69) is 10.2 Å². The van der Waals surface area contributed by atoms with Crippen LogP contribution < -0.4 is 10.2 Å². The minimum absolute atomic E-state index is 0.140. The van der Waals surface area contributed by atoms with E-state index in [9.17, 15) is 18.0 Å². The molecule has 0 aromatic heterocycles. The van der Waals surface area contributed by atoms with Gasteiger partial charge < -0.3 is 10.1 Å². The molecule has 3 heterocycles. The Balaban J connectivity index is 1.44. The van der Waals surface area contributed by atoms with Crippen LogP contribution in [0.2, 0.25) is 0 Å². The van der Waals surface area contributed by atoms with Crippen molar-refractivity contribution >= 4 is 27.5 Å². The topological polar surface area (TPSA) is 99.3 Å². The average Bonchev–Trinajstić information content (AvgIpc) is 3.26. The summed E-state index contributed by atoms with van der Waals surface area (Å²) >= 11 is 0. The standard InChI is InChI=1S/C24H36N4O5S/c1-2-23(29)28-21-8-7-20(34(31,32)27-11-4-3-5-12-27)17-19(21)18-22(28)24(30)25-9-6-10-26-13-15-33-16-14-26/h7-8,17,22H,2-6,9-16,18H2,1H3,(H,25,30)/t22-/m1/s1. The number of amides is 2. The fourth-order valence-electron chi connectivity index (χ4n) is 4.99. The molecule has 4 rings (SSSR count). The first-order valence-corrected chi connectivity index (χ1v) is 13.9. The van der Waals surface area contributed by atoms with Gasteiger partial charge in [0, 0.05) is 51.3 Å². The van der Waals surface area contributed by atoms with Crippen LogP contribution in [0.25, 0.3) is 0 Å². The zero-order chi connectivity index (χ0) is 24.1. The molecule has 34 heavy (non-hydrogen) atoms. The first kappa shape index (κ1) is 25.1. The maximum atomic E-state index is 13.1. The van der Waals surface area contributed by atoms with Gasteiger partial charge in [-0.15, -0.1) is 0 Å². The SMILES string of the molecule is CCC(=O)N1c2ccc(S(=O)(=O)N3CCCCC3)cc2C[C@@H]1C(=O)NCCCN1CCOCC1. The Labute approximate surface area is 202 Å². The number of sulfonamides is 1. The number of hydrogen-bond donors (Lipinski definition) is 1. The predicted octanol–water partition coefficient (Wildman–Crippen LogP) is 1.37. The van der Waals surface area contributed by atoms with Gasteiger partial charge in [-0.2, -0.15) is 4.31 Å². The lowest BCUT2D eigenvalue weighted by Gasteiger charge is -2.27. The van der Waals surface area contributed by atoms with E-state index in [0.717, 1.165) is 64.1 Å². The van der Waals surface area contributed by atoms with Crippen LogP contribution in [0.3, 0.4) is 0 Å². The first-order valence-electron chi connectivity index (χ1n) is 12.4. The second-order valence-corrected chi connectivity index (χ2v) is 11.1. The van der Waals surface area contributed by atoms with Crippen molar-refractivity contribution in [1.29, 1.82) is 0 Å². The van der Waals surface area contributed by atoms with Crippen LogP contribution in [0.15, 0.2) is 23.1 Å². The molecule has 2 fully saturated rings. The summed E-state index contributed by atoms with van der Waals surface area (Å²) in [5.41, 5.74) is 1.37. The fourth-order valence-corrected chi connectivity index (χ4v) is 6.56. The predicted molar refractivity (Wildman–Crippen MR) is 129 cm³/mol. The monoisotopic (exact) mass is 492 g/mol. The molecule has 0 saturated carbocycles. The first-order chi connectivity index (χ1) is 16.4. The lowest BCUT2D eigenvalue weighted by molar-refractivity contribution is -0.126. The van der Waals surface area contributed by atoms with E-state index in [4.69, 9.17) is 4.74 Å². The number of ether oxygens (including phenoxy) is 1. The van der Waals surface area contributed by atoms with Crippen LogP contribution in [-0.2, 0) is 30.8 Å². The third-order valence-electron chi connectivity index (χ3n) is 6.92.